The lowest BCUT2D eigenvalue weighted by Crippen LogP contribution is -2.34. The minimum Gasteiger partial charge on any atom is -0.380 e. The molecule has 0 aromatic carbocycles. The van der Waals surface area contributed by atoms with Gasteiger partial charge in [0, 0.05) is 19.1 Å². The fourth-order valence-corrected chi connectivity index (χ4v) is 1.41. The number of ether oxygens (including phenoxy) is 3. The summed E-state index contributed by atoms with van der Waals surface area (Å²) in [6.07, 6.45) is 1.88. The summed E-state index contributed by atoms with van der Waals surface area (Å²) < 4.78 is 16.2. The summed E-state index contributed by atoms with van der Waals surface area (Å²) in [6.45, 7) is 5.10. The van der Waals surface area contributed by atoms with Crippen LogP contribution in [0.15, 0.2) is 0 Å². The highest BCUT2D eigenvalue weighted by atomic mass is 16.7. The second kappa shape index (κ2) is 7.17. The second-order valence-corrected chi connectivity index (χ2v) is 3.47. The number of hydrogen-bond acceptors (Lipinski definition) is 4. The molecule has 0 amide bonds. The molecule has 4 nitrogen and oxygen atoms in total. The van der Waals surface area contributed by atoms with Gasteiger partial charge >= 0.3 is 0 Å². The van der Waals surface area contributed by atoms with Gasteiger partial charge in [0.2, 0.25) is 0 Å². The van der Waals surface area contributed by atoms with Gasteiger partial charge in [-0.05, 0) is 13.5 Å². The molecule has 0 aliphatic carbocycles. The van der Waals surface area contributed by atoms with Gasteiger partial charge in [-0.25, -0.2) is 0 Å². The molecule has 0 saturated carbocycles. The van der Waals surface area contributed by atoms with Gasteiger partial charge in [0.1, 0.15) is 0 Å². The van der Waals surface area contributed by atoms with E-state index in [9.17, 15) is 0 Å². The normalized spacial score (nSPS) is 20.1. The lowest BCUT2D eigenvalue weighted by atomic mass is 10.2. The summed E-state index contributed by atoms with van der Waals surface area (Å²) in [6, 6.07) is 0.324. The minimum absolute atomic E-state index is 0.0438. The highest BCUT2D eigenvalue weighted by Gasteiger charge is 2.20. The molecular formula is C10H21NO3. The molecule has 14 heavy (non-hydrogen) atoms. The van der Waals surface area contributed by atoms with Crippen molar-refractivity contribution in [2.75, 3.05) is 33.5 Å². The molecule has 1 saturated heterocycles. The summed E-state index contributed by atoms with van der Waals surface area (Å²) in [7, 11) is 1.94. The van der Waals surface area contributed by atoms with Crippen molar-refractivity contribution in [2.24, 2.45) is 0 Å². The topological polar surface area (TPSA) is 39.7 Å². The van der Waals surface area contributed by atoms with Gasteiger partial charge < -0.3 is 19.5 Å². The maximum Gasteiger partial charge on any atom is 0.159 e. The van der Waals surface area contributed by atoms with Crippen molar-refractivity contribution >= 4 is 0 Å². The van der Waals surface area contributed by atoms with Crippen LogP contribution < -0.4 is 5.32 Å². The molecule has 1 atom stereocenters. The lowest BCUT2D eigenvalue weighted by Gasteiger charge is -2.19. The van der Waals surface area contributed by atoms with Crippen LogP contribution in [0.3, 0.4) is 0 Å². The molecule has 84 valence electrons. The molecule has 0 aromatic rings. The highest BCUT2D eigenvalue weighted by Crippen LogP contribution is 2.10. The van der Waals surface area contributed by atoms with Crippen LogP contribution in [0.2, 0.25) is 0 Å². The Bertz CT molecular complexity index is 137. The molecule has 0 aromatic heterocycles. The quantitative estimate of drug-likeness (QED) is 0.620. The van der Waals surface area contributed by atoms with Crippen LogP contribution in [-0.2, 0) is 14.2 Å². The zero-order valence-corrected chi connectivity index (χ0v) is 9.12. The van der Waals surface area contributed by atoms with Crippen LogP contribution in [0, 0.1) is 0 Å². The zero-order chi connectivity index (χ0) is 10.2. The summed E-state index contributed by atoms with van der Waals surface area (Å²) >= 11 is 0. The van der Waals surface area contributed by atoms with E-state index in [0.29, 0.717) is 6.04 Å². The largest absolute Gasteiger partial charge is 0.380 e. The third-order valence-electron chi connectivity index (χ3n) is 2.24. The molecule has 0 bridgehead atoms. The molecule has 0 radical (unpaired) electrons. The van der Waals surface area contributed by atoms with Gasteiger partial charge in [-0.15, -0.1) is 0 Å². The third-order valence-corrected chi connectivity index (χ3v) is 2.24. The smallest absolute Gasteiger partial charge is 0.159 e. The van der Waals surface area contributed by atoms with Gasteiger partial charge in [0.25, 0.3) is 0 Å². The van der Waals surface area contributed by atoms with E-state index in [2.05, 4.69) is 12.2 Å². The zero-order valence-electron chi connectivity index (χ0n) is 9.12. The maximum absolute atomic E-state index is 5.47. The van der Waals surface area contributed by atoms with Gasteiger partial charge in [-0.1, -0.05) is 6.92 Å². The van der Waals surface area contributed by atoms with Crippen LogP contribution in [0.1, 0.15) is 19.8 Å². The Labute approximate surface area is 85.9 Å². The van der Waals surface area contributed by atoms with E-state index in [0.717, 1.165) is 39.3 Å². The van der Waals surface area contributed by atoms with Gasteiger partial charge in [-0.2, -0.15) is 0 Å². The monoisotopic (exact) mass is 203 g/mol. The first-order valence-corrected chi connectivity index (χ1v) is 5.35. The van der Waals surface area contributed by atoms with Crippen molar-refractivity contribution in [3.63, 3.8) is 0 Å². The van der Waals surface area contributed by atoms with Crippen molar-refractivity contribution < 1.29 is 14.2 Å². The number of rotatable bonds is 7. The van der Waals surface area contributed by atoms with E-state index in [4.69, 9.17) is 14.2 Å². The number of hydrogen-bond donors (Lipinski definition) is 1. The Morgan fingerprint density at radius 2 is 2.14 bits per heavy atom. The van der Waals surface area contributed by atoms with E-state index in [-0.39, 0.29) is 6.29 Å². The van der Waals surface area contributed by atoms with Crippen LogP contribution >= 0.6 is 0 Å². The average molecular weight is 203 g/mol. The summed E-state index contributed by atoms with van der Waals surface area (Å²) in [5.41, 5.74) is 0. The lowest BCUT2D eigenvalue weighted by molar-refractivity contribution is -0.0580. The standard InChI is InChI=1S/C10H21NO3/c1-3-4-12-8-9(11-2)7-10-13-5-6-14-10/h9-11H,3-8H2,1-2H3. The van der Waals surface area contributed by atoms with Gasteiger partial charge in [0.15, 0.2) is 6.29 Å². The van der Waals surface area contributed by atoms with Crippen LogP contribution in [0.4, 0.5) is 0 Å². The van der Waals surface area contributed by atoms with E-state index < -0.39 is 0 Å². The molecule has 1 unspecified atom stereocenters. The van der Waals surface area contributed by atoms with E-state index in [1.807, 2.05) is 7.05 Å². The van der Waals surface area contributed by atoms with Crippen molar-refractivity contribution in [3.8, 4) is 0 Å². The van der Waals surface area contributed by atoms with Crippen LogP contribution in [-0.4, -0.2) is 45.8 Å². The number of likely N-dealkylation sites (N-methyl/N-ethyl adjacent to an activating group) is 1. The summed E-state index contributed by atoms with van der Waals surface area (Å²) in [5, 5.41) is 3.20. The van der Waals surface area contributed by atoms with Crippen molar-refractivity contribution in [1.29, 1.82) is 0 Å². The van der Waals surface area contributed by atoms with E-state index >= 15 is 0 Å². The Kier molecular flexibility index (Phi) is 6.10. The first kappa shape index (κ1) is 11.9. The Hall–Kier alpha value is -0.160. The Morgan fingerprint density at radius 3 is 2.71 bits per heavy atom. The van der Waals surface area contributed by atoms with Gasteiger partial charge in [0.05, 0.1) is 19.8 Å². The van der Waals surface area contributed by atoms with Crippen molar-refractivity contribution in [2.45, 2.75) is 32.1 Å². The fourth-order valence-electron chi connectivity index (χ4n) is 1.41. The highest BCUT2D eigenvalue weighted by molar-refractivity contribution is 4.67. The second-order valence-electron chi connectivity index (χ2n) is 3.47. The molecular weight excluding hydrogens is 182 g/mol. The first-order valence-electron chi connectivity index (χ1n) is 5.35. The SMILES string of the molecule is CCCOCC(CC1OCCO1)NC. The third kappa shape index (κ3) is 4.37. The Morgan fingerprint density at radius 1 is 1.43 bits per heavy atom. The molecule has 1 heterocycles. The molecule has 4 heteroatoms. The molecule has 1 rings (SSSR count). The van der Waals surface area contributed by atoms with Crippen molar-refractivity contribution in [1.82, 2.24) is 5.32 Å². The molecule has 0 spiro atoms. The Balaban J connectivity index is 2.10. The average Bonchev–Trinajstić information content (AvgIpc) is 2.69. The molecule has 1 fully saturated rings. The molecule has 1 aliphatic rings. The first-order chi connectivity index (χ1) is 6.86. The van der Waals surface area contributed by atoms with Crippen LogP contribution in [0.5, 0.6) is 0 Å². The predicted molar refractivity (Wildman–Crippen MR) is 54.3 cm³/mol. The molecule has 1 N–H and O–H groups in total. The van der Waals surface area contributed by atoms with Gasteiger partial charge in [-0.3, -0.25) is 0 Å². The molecule has 1 aliphatic heterocycles. The maximum atomic E-state index is 5.47. The summed E-state index contributed by atoms with van der Waals surface area (Å²) in [4.78, 5) is 0. The summed E-state index contributed by atoms with van der Waals surface area (Å²) in [5.74, 6) is 0. The van der Waals surface area contributed by atoms with E-state index in [1.165, 1.54) is 0 Å². The number of nitrogens with one attached hydrogen (secondary N) is 1. The van der Waals surface area contributed by atoms with Crippen LogP contribution in [0.25, 0.3) is 0 Å². The predicted octanol–water partition coefficient (Wildman–Crippen LogP) is 0.764. The van der Waals surface area contributed by atoms with E-state index in [1.54, 1.807) is 0 Å². The minimum atomic E-state index is -0.0438. The van der Waals surface area contributed by atoms with Crippen molar-refractivity contribution in [3.05, 3.63) is 0 Å². The fraction of sp³-hybridized carbons (Fsp3) is 1.00.